The van der Waals surface area contributed by atoms with E-state index >= 15 is 0 Å². The summed E-state index contributed by atoms with van der Waals surface area (Å²) in [6.07, 6.45) is 4.56. The minimum absolute atomic E-state index is 0.181. The Bertz CT molecular complexity index is 659. The maximum Gasteiger partial charge on any atom is 0.172 e. The van der Waals surface area contributed by atoms with Gasteiger partial charge in [-0.2, -0.15) is 0 Å². The Kier molecular flexibility index (Phi) is 5.25. The zero-order valence-corrected chi connectivity index (χ0v) is 14.3. The van der Waals surface area contributed by atoms with E-state index in [-0.39, 0.29) is 5.82 Å². The van der Waals surface area contributed by atoms with Gasteiger partial charge in [0.1, 0.15) is 5.82 Å². The Labute approximate surface area is 142 Å². The summed E-state index contributed by atoms with van der Waals surface area (Å²) in [4.78, 5) is 15.7. The van der Waals surface area contributed by atoms with Crippen molar-refractivity contribution in [1.29, 1.82) is 0 Å². The monoisotopic (exact) mass is 329 g/mol. The molecule has 6 heteroatoms. The number of aromatic nitrogens is 2. The number of halogens is 1. The predicted molar refractivity (Wildman–Crippen MR) is 94.9 cm³/mol. The second-order valence-electron chi connectivity index (χ2n) is 6.34. The summed E-state index contributed by atoms with van der Waals surface area (Å²) >= 11 is 0. The average Bonchev–Trinajstić information content (AvgIpc) is 2.82. The molecule has 0 atom stereocenters. The summed E-state index contributed by atoms with van der Waals surface area (Å²) in [5.74, 6) is 1.68. The molecule has 0 bridgehead atoms. The topological polar surface area (TPSA) is 35.5 Å². The summed E-state index contributed by atoms with van der Waals surface area (Å²) in [6.45, 7) is 4.74. The van der Waals surface area contributed by atoms with Crippen LogP contribution in [-0.4, -0.2) is 55.1 Å². The minimum Gasteiger partial charge on any atom is -0.360 e. The Morgan fingerprint density at radius 1 is 1.00 bits per heavy atom. The first-order valence-corrected chi connectivity index (χ1v) is 8.33. The lowest BCUT2D eigenvalue weighted by Crippen LogP contribution is -2.32. The maximum absolute atomic E-state index is 13.0. The van der Waals surface area contributed by atoms with Crippen LogP contribution in [0.2, 0.25) is 0 Å². The second-order valence-corrected chi connectivity index (χ2v) is 6.34. The van der Waals surface area contributed by atoms with Crippen LogP contribution in [0.15, 0.2) is 36.7 Å². The first-order chi connectivity index (χ1) is 11.6. The molecule has 3 rings (SSSR count). The molecular weight excluding hydrogens is 305 g/mol. The van der Waals surface area contributed by atoms with Gasteiger partial charge in [-0.25, -0.2) is 14.4 Å². The number of hydrogen-bond donors (Lipinski definition) is 0. The Hall–Kier alpha value is -2.21. The van der Waals surface area contributed by atoms with Gasteiger partial charge in [-0.15, -0.1) is 0 Å². The molecule has 1 aromatic carbocycles. The van der Waals surface area contributed by atoms with Crippen molar-refractivity contribution in [2.75, 3.05) is 50.1 Å². The van der Waals surface area contributed by atoms with Crippen molar-refractivity contribution in [1.82, 2.24) is 14.9 Å². The van der Waals surface area contributed by atoms with E-state index in [2.05, 4.69) is 19.8 Å². The summed E-state index contributed by atoms with van der Waals surface area (Å²) in [6, 6.07) is 6.79. The van der Waals surface area contributed by atoms with E-state index < -0.39 is 0 Å². The SMILES string of the molecule is CN(C)c1nccnc1N1CCCN(Cc2ccc(F)cc2)CC1. The average molecular weight is 329 g/mol. The van der Waals surface area contributed by atoms with Gasteiger partial charge in [0.25, 0.3) is 0 Å². The van der Waals surface area contributed by atoms with Crippen LogP contribution in [-0.2, 0) is 6.54 Å². The highest BCUT2D eigenvalue weighted by atomic mass is 19.1. The van der Waals surface area contributed by atoms with E-state index in [4.69, 9.17) is 0 Å². The molecule has 128 valence electrons. The smallest absolute Gasteiger partial charge is 0.172 e. The molecule has 0 N–H and O–H groups in total. The Balaban J connectivity index is 1.66. The van der Waals surface area contributed by atoms with Crippen molar-refractivity contribution < 1.29 is 4.39 Å². The number of nitrogens with zero attached hydrogens (tertiary/aromatic N) is 5. The van der Waals surface area contributed by atoms with E-state index in [1.54, 1.807) is 12.4 Å². The lowest BCUT2D eigenvalue weighted by molar-refractivity contribution is 0.285. The number of benzene rings is 1. The quantitative estimate of drug-likeness (QED) is 0.861. The van der Waals surface area contributed by atoms with Gasteiger partial charge >= 0.3 is 0 Å². The van der Waals surface area contributed by atoms with Crippen LogP contribution in [0.4, 0.5) is 16.0 Å². The molecule has 24 heavy (non-hydrogen) atoms. The van der Waals surface area contributed by atoms with Gasteiger partial charge in [-0.3, -0.25) is 4.90 Å². The van der Waals surface area contributed by atoms with Gasteiger partial charge in [-0.1, -0.05) is 12.1 Å². The van der Waals surface area contributed by atoms with E-state index in [0.717, 1.165) is 56.3 Å². The molecule has 0 saturated carbocycles. The second kappa shape index (κ2) is 7.57. The van der Waals surface area contributed by atoms with Crippen molar-refractivity contribution in [3.05, 3.63) is 48.0 Å². The molecule has 2 heterocycles. The fourth-order valence-electron chi connectivity index (χ4n) is 3.05. The largest absolute Gasteiger partial charge is 0.360 e. The van der Waals surface area contributed by atoms with Gasteiger partial charge in [0.15, 0.2) is 11.6 Å². The third-order valence-electron chi connectivity index (χ3n) is 4.29. The molecule has 1 saturated heterocycles. The molecule has 1 aliphatic rings. The van der Waals surface area contributed by atoms with Crippen molar-refractivity contribution >= 4 is 11.6 Å². The van der Waals surface area contributed by atoms with Gasteiger partial charge in [-0.05, 0) is 24.1 Å². The third-order valence-corrected chi connectivity index (χ3v) is 4.29. The van der Waals surface area contributed by atoms with E-state index in [1.165, 1.54) is 12.1 Å². The number of rotatable bonds is 4. The molecule has 2 aromatic rings. The molecule has 1 fully saturated rings. The standard InChI is InChI=1S/C18H24FN5/c1-22(2)17-18(21-9-8-20-17)24-11-3-10-23(12-13-24)14-15-4-6-16(19)7-5-15/h4-9H,3,10-14H2,1-2H3. The van der Waals surface area contributed by atoms with Crippen LogP contribution in [0, 0.1) is 5.82 Å². The van der Waals surface area contributed by atoms with Crippen molar-refractivity contribution in [2.45, 2.75) is 13.0 Å². The molecule has 0 unspecified atom stereocenters. The zero-order valence-electron chi connectivity index (χ0n) is 14.3. The molecule has 0 radical (unpaired) electrons. The molecular formula is C18H24FN5. The fraction of sp³-hybridized carbons (Fsp3) is 0.444. The highest BCUT2D eigenvalue weighted by Gasteiger charge is 2.19. The van der Waals surface area contributed by atoms with Crippen LogP contribution in [0.3, 0.4) is 0 Å². The molecule has 5 nitrogen and oxygen atoms in total. The highest BCUT2D eigenvalue weighted by Crippen LogP contribution is 2.23. The van der Waals surface area contributed by atoms with Gasteiger partial charge in [0.2, 0.25) is 0 Å². The van der Waals surface area contributed by atoms with Crippen molar-refractivity contribution in [3.63, 3.8) is 0 Å². The molecule has 0 spiro atoms. The first-order valence-electron chi connectivity index (χ1n) is 8.33. The van der Waals surface area contributed by atoms with E-state index in [1.807, 2.05) is 31.1 Å². The van der Waals surface area contributed by atoms with Crippen LogP contribution in [0.5, 0.6) is 0 Å². The summed E-state index contributed by atoms with van der Waals surface area (Å²) in [7, 11) is 3.98. The molecule has 0 amide bonds. The molecule has 1 aliphatic heterocycles. The Morgan fingerprint density at radius 3 is 2.50 bits per heavy atom. The number of hydrogen-bond acceptors (Lipinski definition) is 5. The molecule has 0 aliphatic carbocycles. The summed E-state index contributed by atoms with van der Waals surface area (Å²) in [5, 5.41) is 0. The minimum atomic E-state index is -0.181. The summed E-state index contributed by atoms with van der Waals surface area (Å²) < 4.78 is 13.0. The highest BCUT2D eigenvalue weighted by molar-refractivity contribution is 5.61. The van der Waals surface area contributed by atoms with Gasteiger partial charge in [0, 0.05) is 59.2 Å². The zero-order chi connectivity index (χ0) is 16.9. The third kappa shape index (κ3) is 4.00. The predicted octanol–water partition coefficient (Wildman–Crippen LogP) is 2.39. The maximum atomic E-state index is 13.0. The van der Waals surface area contributed by atoms with Crippen LogP contribution < -0.4 is 9.80 Å². The van der Waals surface area contributed by atoms with Crippen LogP contribution in [0.1, 0.15) is 12.0 Å². The van der Waals surface area contributed by atoms with E-state index in [9.17, 15) is 4.39 Å². The van der Waals surface area contributed by atoms with Crippen molar-refractivity contribution in [2.24, 2.45) is 0 Å². The first kappa shape index (κ1) is 16.6. The van der Waals surface area contributed by atoms with Crippen LogP contribution in [0.25, 0.3) is 0 Å². The molecule has 1 aromatic heterocycles. The normalized spacial score (nSPS) is 16.0. The van der Waals surface area contributed by atoms with E-state index in [0.29, 0.717) is 0 Å². The van der Waals surface area contributed by atoms with Gasteiger partial charge < -0.3 is 9.80 Å². The number of anilines is 2. The van der Waals surface area contributed by atoms with Crippen LogP contribution >= 0.6 is 0 Å². The lowest BCUT2D eigenvalue weighted by Gasteiger charge is -2.26. The fourth-order valence-corrected chi connectivity index (χ4v) is 3.05. The summed E-state index contributed by atoms with van der Waals surface area (Å²) in [5.41, 5.74) is 1.15. The lowest BCUT2D eigenvalue weighted by atomic mass is 10.2. The van der Waals surface area contributed by atoms with Crippen molar-refractivity contribution in [3.8, 4) is 0 Å². The Morgan fingerprint density at radius 2 is 1.75 bits per heavy atom. The van der Waals surface area contributed by atoms with Gasteiger partial charge in [0.05, 0.1) is 0 Å².